The minimum Gasteiger partial charge on any atom is -0.506 e. The lowest BCUT2D eigenvalue weighted by molar-refractivity contribution is 0.468. The minimum absolute atomic E-state index is 0.215. The van der Waals surface area contributed by atoms with Crippen LogP contribution in [0, 0.1) is 0 Å². The van der Waals surface area contributed by atoms with E-state index in [0.29, 0.717) is 8.95 Å². The van der Waals surface area contributed by atoms with Crippen LogP contribution in [0.25, 0.3) is 0 Å². The smallest absolute Gasteiger partial charge is 0.143 e. The molecule has 0 saturated carbocycles. The molecule has 76 valence electrons. The van der Waals surface area contributed by atoms with Crippen molar-refractivity contribution in [1.82, 2.24) is 0 Å². The molecule has 0 spiro atoms. The van der Waals surface area contributed by atoms with Crippen molar-refractivity contribution < 1.29 is 5.11 Å². The predicted molar refractivity (Wildman–Crippen MR) is 66.2 cm³/mol. The summed E-state index contributed by atoms with van der Waals surface area (Å²) in [7, 11) is 0. The van der Waals surface area contributed by atoms with Gasteiger partial charge >= 0.3 is 0 Å². The quantitative estimate of drug-likeness (QED) is 0.827. The van der Waals surface area contributed by atoms with Gasteiger partial charge in [-0.1, -0.05) is 0 Å². The lowest BCUT2D eigenvalue weighted by Crippen LogP contribution is -1.90. The molecule has 0 fully saturated rings. The number of hydrogen-bond donors (Lipinski definition) is 1. The summed E-state index contributed by atoms with van der Waals surface area (Å²) in [5.41, 5.74) is 0.954. The number of nitrogens with zero attached hydrogens (tertiary/aromatic N) is 1. The Hall–Kier alpha value is -0.350. The van der Waals surface area contributed by atoms with Crippen LogP contribution in [-0.2, 0) is 0 Å². The molecule has 1 N–H and O–H groups in total. The summed E-state index contributed by atoms with van der Waals surface area (Å²) in [5.74, 6) is 0.215. The fourth-order valence-corrected chi connectivity index (χ4v) is 2.12. The Kier molecular flexibility index (Phi) is 4.13. The number of benzene rings is 1. The van der Waals surface area contributed by atoms with Crippen molar-refractivity contribution in [3.8, 4) is 5.75 Å². The summed E-state index contributed by atoms with van der Waals surface area (Å²) in [6.07, 6.45) is 1.79. The second kappa shape index (κ2) is 4.94. The highest BCUT2D eigenvalue weighted by Crippen LogP contribution is 2.32. The van der Waals surface area contributed by atoms with Crippen LogP contribution in [-0.4, -0.2) is 17.4 Å². The van der Waals surface area contributed by atoms with Gasteiger partial charge in [0.15, 0.2) is 0 Å². The number of hydrogen-bond acceptors (Lipinski definition) is 2. The van der Waals surface area contributed by atoms with Crippen LogP contribution >= 0.6 is 31.9 Å². The maximum atomic E-state index is 9.47. The van der Waals surface area contributed by atoms with Gasteiger partial charge < -0.3 is 5.11 Å². The zero-order valence-corrected chi connectivity index (χ0v) is 11.1. The van der Waals surface area contributed by atoms with Gasteiger partial charge in [0.05, 0.1) is 8.95 Å². The van der Waals surface area contributed by atoms with Crippen LogP contribution in [0.15, 0.2) is 26.1 Å². The Labute approximate surface area is 100 Å². The van der Waals surface area contributed by atoms with Crippen molar-refractivity contribution in [2.45, 2.75) is 19.9 Å². The molecule has 0 radical (unpaired) electrons. The molecule has 14 heavy (non-hydrogen) atoms. The number of aliphatic imine (C=N–C) groups is 1. The van der Waals surface area contributed by atoms with E-state index in [4.69, 9.17) is 0 Å². The van der Waals surface area contributed by atoms with Crippen LogP contribution in [0.2, 0.25) is 0 Å². The molecule has 2 nitrogen and oxygen atoms in total. The molecule has 0 aliphatic heterocycles. The summed E-state index contributed by atoms with van der Waals surface area (Å²) in [5, 5.41) is 9.47. The van der Waals surface area contributed by atoms with Gasteiger partial charge in [-0.25, -0.2) is 0 Å². The Morgan fingerprint density at radius 3 is 2.21 bits per heavy atom. The molecule has 0 amide bonds. The molecular formula is C10H11Br2NO. The fraction of sp³-hybridized carbons (Fsp3) is 0.300. The van der Waals surface area contributed by atoms with Gasteiger partial charge in [0.25, 0.3) is 0 Å². The molecule has 0 aromatic heterocycles. The van der Waals surface area contributed by atoms with E-state index in [-0.39, 0.29) is 11.8 Å². The van der Waals surface area contributed by atoms with Crippen LogP contribution in [0.3, 0.4) is 0 Å². The van der Waals surface area contributed by atoms with E-state index < -0.39 is 0 Å². The highest BCUT2D eigenvalue weighted by atomic mass is 79.9. The zero-order valence-electron chi connectivity index (χ0n) is 7.96. The molecule has 1 aromatic carbocycles. The van der Waals surface area contributed by atoms with Gasteiger partial charge in [-0.05, 0) is 63.4 Å². The minimum atomic E-state index is 0.215. The van der Waals surface area contributed by atoms with E-state index in [2.05, 4.69) is 36.9 Å². The third-order valence-corrected chi connectivity index (χ3v) is 2.77. The summed E-state index contributed by atoms with van der Waals surface area (Å²) in [4.78, 5) is 4.26. The topological polar surface area (TPSA) is 32.6 Å². The van der Waals surface area contributed by atoms with Crippen LogP contribution in [0.1, 0.15) is 19.4 Å². The molecule has 0 atom stereocenters. The lowest BCUT2D eigenvalue weighted by Gasteiger charge is -2.02. The molecule has 0 bridgehead atoms. The second-order valence-corrected chi connectivity index (χ2v) is 4.91. The largest absolute Gasteiger partial charge is 0.506 e. The molecule has 1 aromatic rings. The van der Waals surface area contributed by atoms with Crippen LogP contribution < -0.4 is 0 Å². The highest BCUT2D eigenvalue weighted by molar-refractivity contribution is 9.11. The van der Waals surface area contributed by atoms with Crippen LogP contribution in [0.4, 0.5) is 0 Å². The summed E-state index contributed by atoms with van der Waals surface area (Å²) >= 11 is 6.52. The van der Waals surface area contributed by atoms with E-state index in [9.17, 15) is 5.11 Å². The predicted octanol–water partition coefficient (Wildman–Crippen LogP) is 3.74. The molecule has 0 aliphatic rings. The van der Waals surface area contributed by atoms with E-state index in [1.165, 1.54) is 0 Å². The maximum absolute atomic E-state index is 9.47. The van der Waals surface area contributed by atoms with Gasteiger partial charge in [-0.3, -0.25) is 4.99 Å². The van der Waals surface area contributed by atoms with Gasteiger partial charge in [0.2, 0.25) is 0 Å². The third kappa shape index (κ3) is 3.10. The molecular weight excluding hydrogens is 310 g/mol. The third-order valence-electron chi connectivity index (χ3n) is 1.56. The van der Waals surface area contributed by atoms with Gasteiger partial charge in [-0.2, -0.15) is 0 Å². The van der Waals surface area contributed by atoms with Gasteiger partial charge in [0.1, 0.15) is 5.75 Å². The second-order valence-electron chi connectivity index (χ2n) is 3.21. The number of phenolic OH excluding ortho intramolecular Hbond substituents is 1. The Morgan fingerprint density at radius 1 is 1.29 bits per heavy atom. The Balaban J connectivity index is 3.01. The average Bonchev–Trinajstić information content (AvgIpc) is 2.10. The molecule has 0 heterocycles. The van der Waals surface area contributed by atoms with Crippen molar-refractivity contribution in [3.63, 3.8) is 0 Å². The number of rotatable bonds is 2. The standard InChI is InChI=1S/C10H11Br2NO/c1-6(2)13-5-7-3-8(11)10(14)9(12)4-7/h3-6,14H,1-2H3. The first kappa shape index (κ1) is 11.7. The summed E-state index contributed by atoms with van der Waals surface area (Å²) in [6, 6.07) is 3.93. The van der Waals surface area contributed by atoms with Gasteiger partial charge in [0, 0.05) is 12.3 Å². The SMILES string of the molecule is CC(C)N=Cc1cc(Br)c(O)c(Br)c1. The Morgan fingerprint density at radius 2 is 1.79 bits per heavy atom. The van der Waals surface area contributed by atoms with Crippen molar-refractivity contribution in [2.75, 3.05) is 0 Å². The number of phenols is 1. The number of halogens is 2. The molecule has 1 rings (SSSR count). The van der Waals surface area contributed by atoms with E-state index in [0.717, 1.165) is 5.56 Å². The maximum Gasteiger partial charge on any atom is 0.143 e. The summed E-state index contributed by atoms with van der Waals surface area (Å²) in [6.45, 7) is 4.03. The summed E-state index contributed by atoms with van der Waals surface area (Å²) < 4.78 is 1.33. The normalized spacial score (nSPS) is 11.5. The van der Waals surface area contributed by atoms with Crippen molar-refractivity contribution >= 4 is 38.1 Å². The van der Waals surface area contributed by atoms with Crippen molar-refractivity contribution in [1.29, 1.82) is 0 Å². The van der Waals surface area contributed by atoms with Crippen molar-refractivity contribution in [3.05, 3.63) is 26.6 Å². The molecule has 0 saturated heterocycles. The van der Waals surface area contributed by atoms with E-state index >= 15 is 0 Å². The monoisotopic (exact) mass is 319 g/mol. The lowest BCUT2D eigenvalue weighted by atomic mass is 10.2. The first-order valence-electron chi connectivity index (χ1n) is 4.22. The Bertz CT molecular complexity index is 338. The van der Waals surface area contributed by atoms with Crippen molar-refractivity contribution in [2.24, 2.45) is 4.99 Å². The average molecular weight is 321 g/mol. The molecule has 4 heteroatoms. The molecule has 0 unspecified atom stereocenters. The first-order chi connectivity index (χ1) is 6.50. The number of aromatic hydroxyl groups is 1. The fourth-order valence-electron chi connectivity index (χ4n) is 0.895. The van der Waals surface area contributed by atoms with E-state index in [1.54, 1.807) is 6.21 Å². The first-order valence-corrected chi connectivity index (χ1v) is 5.80. The highest BCUT2D eigenvalue weighted by Gasteiger charge is 2.04. The van der Waals surface area contributed by atoms with Gasteiger partial charge in [-0.15, -0.1) is 0 Å². The zero-order chi connectivity index (χ0) is 10.7. The van der Waals surface area contributed by atoms with E-state index in [1.807, 2.05) is 26.0 Å². The molecule has 0 aliphatic carbocycles. The van der Waals surface area contributed by atoms with Crippen LogP contribution in [0.5, 0.6) is 5.75 Å².